The van der Waals surface area contributed by atoms with Gasteiger partial charge >= 0.3 is 0 Å². The summed E-state index contributed by atoms with van der Waals surface area (Å²) >= 11 is 0. The molecule has 0 bridgehead atoms. The van der Waals surface area contributed by atoms with Crippen LogP contribution in [0.1, 0.15) is 77.2 Å². The number of hydrogen-bond donors (Lipinski definition) is 3. The molecular weight excluding hydrogens is 538 g/mol. The lowest BCUT2D eigenvalue weighted by atomic mass is 9.80. The number of carbonyl (C=O) groups is 5. The zero-order valence-electron chi connectivity index (χ0n) is 25.2. The predicted molar refractivity (Wildman–Crippen MR) is 153 cm³/mol. The SMILES string of the molecule is CC(C)(C)[C@H](NC(=O)c1ccccn1)C(=O)N1C[C@]2(C[C@H]1C(=O)NC(CC1CCC1)C(=O)C(N)=O)C(C)(C)C21COC1. The molecular formula is C31H43N5O6. The third-order valence-electron chi connectivity index (χ3n) is 10.8. The fraction of sp³-hybridized carbons (Fsp3) is 0.677. The fourth-order valence-electron chi connectivity index (χ4n) is 7.62. The number of primary amides is 1. The maximum atomic E-state index is 14.4. The summed E-state index contributed by atoms with van der Waals surface area (Å²) in [6, 6.07) is 2.09. The van der Waals surface area contributed by atoms with Crippen LogP contribution in [0.4, 0.5) is 0 Å². The van der Waals surface area contributed by atoms with Gasteiger partial charge in [-0.05, 0) is 41.7 Å². The zero-order chi connectivity index (χ0) is 30.7. The van der Waals surface area contributed by atoms with Crippen molar-refractivity contribution in [2.24, 2.45) is 33.3 Å². The first-order valence-electron chi connectivity index (χ1n) is 14.9. The van der Waals surface area contributed by atoms with Crippen LogP contribution in [0.2, 0.25) is 0 Å². The van der Waals surface area contributed by atoms with Gasteiger partial charge in [0.05, 0.1) is 19.3 Å². The molecule has 2 spiro atoms. The number of ketones is 1. The summed E-state index contributed by atoms with van der Waals surface area (Å²) in [4.78, 5) is 71.8. The number of amides is 4. The van der Waals surface area contributed by atoms with Gasteiger partial charge in [-0.25, -0.2) is 0 Å². The molecule has 4 amide bonds. The second kappa shape index (κ2) is 10.4. The van der Waals surface area contributed by atoms with Crippen LogP contribution in [0.25, 0.3) is 0 Å². The summed E-state index contributed by atoms with van der Waals surface area (Å²) in [5, 5.41) is 5.69. The van der Waals surface area contributed by atoms with Crippen LogP contribution in [-0.4, -0.2) is 77.2 Å². The number of nitrogens with two attached hydrogens (primary N) is 1. The molecule has 1 aromatic heterocycles. The average molecular weight is 582 g/mol. The fourth-order valence-corrected chi connectivity index (χ4v) is 7.62. The lowest BCUT2D eigenvalue weighted by Gasteiger charge is -2.36. The highest BCUT2D eigenvalue weighted by molar-refractivity contribution is 6.37. The monoisotopic (exact) mass is 581 g/mol. The Morgan fingerprint density at radius 2 is 1.79 bits per heavy atom. The standard InChI is InChI=1S/C31H43N5O6/c1-28(2,3)23(35-25(39)19-11-6-7-12-33-19)27(41)36-15-30(29(4,5)31(30)16-42-17-31)14-21(36)26(40)34-20(22(37)24(32)38)13-18-9-8-10-18/h6-7,11-12,18,20-21,23H,8-10,13-17H2,1-5H3,(H2,32,38)(H,34,40)(H,35,39)/t20?,21-,23+,30+/m0/s1. The van der Waals surface area contributed by atoms with Crippen molar-refractivity contribution >= 4 is 29.4 Å². The van der Waals surface area contributed by atoms with E-state index in [0.717, 1.165) is 19.3 Å². The highest BCUT2D eigenvalue weighted by Gasteiger charge is 2.86. The van der Waals surface area contributed by atoms with E-state index < -0.39 is 47.0 Å². The predicted octanol–water partition coefficient (Wildman–Crippen LogP) is 1.60. The van der Waals surface area contributed by atoms with Crippen molar-refractivity contribution in [1.82, 2.24) is 20.5 Å². The van der Waals surface area contributed by atoms with Crippen molar-refractivity contribution in [3.05, 3.63) is 30.1 Å². The second-order valence-corrected chi connectivity index (χ2v) is 14.3. The minimum Gasteiger partial charge on any atom is -0.380 e. The van der Waals surface area contributed by atoms with Gasteiger partial charge in [-0.3, -0.25) is 29.0 Å². The van der Waals surface area contributed by atoms with E-state index in [1.165, 1.54) is 6.20 Å². The molecule has 2 aliphatic heterocycles. The van der Waals surface area contributed by atoms with Gasteiger partial charge in [-0.15, -0.1) is 0 Å². The molecule has 1 aromatic rings. The number of hydrogen-bond acceptors (Lipinski definition) is 7. The average Bonchev–Trinajstić information content (AvgIpc) is 3.11. The third-order valence-corrected chi connectivity index (χ3v) is 10.8. The first kappa shape index (κ1) is 30.1. The van der Waals surface area contributed by atoms with Crippen LogP contribution in [0.3, 0.4) is 0 Å². The van der Waals surface area contributed by atoms with E-state index in [2.05, 4.69) is 29.5 Å². The number of nitrogens with one attached hydrogen (secondary N) is 2. The Balaban J connectivity index is 1.44. The molecule has 4 aliphatic rings. The minimum atomic E-state index is -1.09. The molecule has 4 N–H and O–H groups in total. The number of rotatable bonds is 9. The minimum absolute atomic E-state index is 0.156. The van der Waals surface area contributed by atoms with E-state index in [1.54, 1.807) is 23.1 Å². The number of carbonyl (C=O) groups excluding carboxylic acids is 5. The normalized spacial score (nSPS) is 27.0. The van der Waals surface area contributed by atoms with Gasteiger partial charge in [0.25, 0.3) is 11.8 Å². The van der Waals surface area contributed by atoms with Gasteiger partial charge in [0, 0.05) is 23.6 Å². The number of nitrogens with zero attached hydrogens (tertiary/aromatic N) is 2. The Morgan fingerprint density at radius 3 is 2.26 bits per heavy atom. The molecule has 228 valence electrons. The van der Waals surface area contributed by atoms with Crippen molar-refractivity contribution in [3.63, 3.8) is 0 Å². The maximum absolute atomic E-state index is 14.4. The van der Waals surface area contributed by atoms with Crippen molar-refractivity contribution in [1.29, 1.82) is 0 Å². The van der Waals surface area contributed by atoms with E-state index in [9.17, 15) is 24.0 Å². The topological polar surface area (TPSA) is 161 Å². The first-order valence-corrected chi connectivity index (χ1v) is 14.9. The molecule has 1 unspecified atom stereocenters. The van der Waals surface area contributed by atoms with Crippen LogP contribution < -0.4 is 16.4 Å². The van der Waals surface area contributed by atoms with Crippen LogP contribution in [0.5, 0.6) is 0 Å². The van der Waals surface area contributed by atoms with Gasteiger partial charge < -0.3 is 26.0 Å². The van der Waals surface area contributed by atoms with Crippen molar-refractivity contribution in [2.75, 3.05) is 19.8 Å². The highest BCUT2D eigenvalue weighted by atomic mass is 16.5. The number of Topliss-reactive ketones (excluding diaryl/α,β-unsaturated/α-hetero) is 1. The highest BCUT2D eigenvalue weighted by Crippen LogP contribution is 2.84. The number of ether oxygens (including phenoxy) is 1. The number of likely N-dealkylation sites (tertiary alicyclic amines) is 1. The smallest absolute Gasteiger partial charge is 0.287 e. The summed E-state index contributed by atoms with van der Waals surface area (Å²) in [5.41, 5.74) is 4.14. The molecule has 3 heterocycles. The van der Waals surface area contributed by atoms with E-state index in [4.69, 9.17) is 10.5 Å². The number of pyridine rings is 1. The third kappa shape index (κ3) is 4.69. The molecule has 2 aliphatic carbocycles. The van der Waals surface area contributed by atoms with E-state index >= 15 is 0 Å². The van der Waals surface area contributed by atoms with Gasteiger partial charge in [-0.2, -0.15) is 0 Å². The summed E-state index contributed by atoms with van der Waals surface area (Å²) in [7, 11) is 0. The van der Waals surface area contributed by atoms with Crippen molar-refractivity contribution < 1.29 is 28.7 Å². The second-order valence-electron chi connectivity index (χ2n) is 14.3. The lowest BCUT2D eigenvalue weighted by Crippen LogP contribution is -2.59. The summed E-state index contributed by atoms with van der Waals surface area (Å²) in [5.74, 6) is -3.03. The van der Waals surface area contributed by atoms with Crippen LogP contribution in [0.15, 0.2) is 24.4 Å². The van der Waals surface area contributed by atoms with Gasteiger partial charge in [0.1, 0.15) is 17.8 Å². The first-order chi connectivity index (χ1) is 19.6. The Morgan fingerprint density at radius 1 is 1.10 bits per heavy atom. The van der Waals surface area contributed by atoms with Crippen LogP contribution in [-0.2, 0) is 23.9 Å². The van der Waals surface area contributed by atoms with Crippen LogP contribution >= 0.6 is 0 Å². The molecule has 4 fully saturated rings. The number of aromatic nitrogens is 1. The Bertz CT molecular complexity index is 1280. The zero-order valence-corrected chi connectivity index (χ0v) is 25.2. The molecule has 2 saturated carbocycles. The molecule has 0 radical (unpaired) electrons. The Kier molecular flexibility index (Phi) is 7.48. The molecule has 2 saturated heterocycles. The Labute approximate surface area is 246 Å². The molecule has 0 aromatic carbocycles. The van der Waals surface area contributed by atoms with E-state index in [1.807, 2.05) is 20.8 Å². The van der Waals surface area contributed by atoms with Gasteiger partial charge in [0.2, 0.25) is 17.6 Å². The summed E-state index contributed by atoms with van der Waals surface area (Å²) in [6.45, 7) is 11.3. The maximum Gasteiger partial charge on any atom is 0.287 e. The summed E-state index contributed by atoms with van der Waals surface area (Å²) < 4.78 is 5.64. The summed E-state index contributed by atoms with van der Waals surface area (Å²) in [6.07, 6.45) is 5.14. The molecule has 42 heavy (non-hydrogen) atoms. The lowest BCUT2D eigenvalue weighted by molar-refractivity contribution is -0.143. The number of fused-ring (bicyclic) bond motifs is 1. The molecule has 4 atom stereocenters. The molecule has 5 rings (SSSR count). The largest absolute Gasteiger partial charge is 0.380 e. The van der Waals surface area contributed by atoms with Crippen LogP contribution in [0, 0.1) is 27.6 Å². The van der Waals surface area contributed by atoms with E-state index in [0.29, 0.717) is 32.6 Å². The molecule has 11 nitrogen and oxygen atoms in total. The quantitative estimate of drug-likeness (QED) is 0.373. The molecule has 11 heteroatoms. The van der Waals surface area contributed by atoms with Gasteiger partial charge in [-0.1, -0.05) is 59.9 Å². The van der Waals surface area contributed by atoms with Crippen molar-refractivity contribution in [3.8, 4) is 0 Å². The van der Waals surface area contributed by atoms with E-state index in [-0.39, 0.29) is 33.8 Å². The van der Waals surface area contributed by atoms with Crippen molar-refractivity contribution in [2.45, 2.75) is 84.8 Å². The van der Waals surface area contributed by atoms with Gasteiger partial charge in [0.15, 0.2) is 0 Å². The Hall–Kier alpha value is -3.34.